The summed E-state index contributed by atoms with van der Waals surface area (Å²) in [6, 6.07) is 6.86. The van der Waals surface area contributed by atoms with Gasteiger partial charge < -0.3 is 5.32 Å². The van der Waals surface area contributed by atoms with Gasteiger partial charge in [0.25, 0.3) is 0 Å². The van der Waals surface area contributed by atoms with Crippen LogP contribution in [-0.2, 0) is 27.8 Å². The molecule has 210 valence electrons. The lowest BCUT2D eigenvalue weighted by atomic mass is 9.86. The van der Waals surface area contributed by atoms with E-state index >= 15 is 0 Å². The van der Waals surface area contributed by atoms with Crippen LogP contribution in [0.25, 0.3) is 11.0 Å². The van der Waals surface area contributed by atoms with E-state index in [1.807, 2.05) is 12.1 Å². The van der Waals surface area contributed by atoms with Gasteiger partial charge >= 0.3 is 6.18 Å². The van der Waals surface area contributed by atoms with Crippen molar-refractivity contribution >= 4 is 27.0 Å². The van der Waals surface area contributed by atoms with E-state index in [1.54, 1.807) is 4.72 Å². The minimum absolute atomic E-state index is 0.0780. The van der Waals surface area contributed by atoms with Crippen LogP contribution in [-0.4, -0.2) is 54.8 Å². The molecule has 2 atom stereocenters. The molecule has 2 N–H and O–H groups in total. The molecule has 5 rings (SSSR count). The first-order valence-corrected chi connectivity index (χ1v) is 14.5. The zero-order valence-electron chi connectivity index (χ0n) is 21.2. The van der Waals surface area contributed by atoms with E-state index in [9.17, 15) is 26.4 Å². The molecule has 0 spiro atoms. The van der Waals surface area contributed by atoms with E-state index in [0.717, 1.165) is 49.7 Å². The largest absolute Gasteiger partial charge is 0.405 e. The van der Waals surface area contributed by atoms with Gasteiger partial charge in [-0.2, -0.15) is 17.9 Å². The van der Waals surface area contributed by atoms with Crippen LogP contribution in [0.1, 0.15) is 61.3 Å². The SMILES string of the molecule is O=C(CC(NS(=O)(=O)c1cccc2nonc12)C(F)(F)F)N[C@@H]1CCCc2cc(CN3CCCCC3)ccc21. The molecule has 1 amide bonds. The van der Waals surface area contributed by atoms with Crippen LogP contribution >= 0.6 is 0 Å². The summed E-state index contributed by atoms with van der Waals surface area (Å²) in [6.45, 7) is 3.00. The Morgan fingerprint density at radius 2 is 1.90 bits per heavy atom. The Labute approximate surface area is 224 Å². The zero-order valence-corrected chi connectivity index (χ0v) is 22.0. The number of benzene rings is 2. The molecule has 0 saturated carbocycles. The summed E-state index contributed by atoms with van der Waals surface area (Å²) in [7, 11) is -4.70. The van der Waals surface area contributed by atoms with Gasteiger partial charge in [0.05, 0.1) is 12.5 Å². The average molecular weight is 566 g/mol. The number of aromatic nitrogens is 2. The second kappa shape index (κ2) is 11.2. The minimum atomic E-state index is -5.01. The Balaban J connectivity index is 1.27. The number of likely N-dealkylation sites (tertiary alicyclic amines) is 1. The molecule has 1 saturated heterocycles. The number of hydrogen-bond acceptors (Lipinski definition) is 7. The lowest BCUT2D eigenvalue weighted by Crippen LogP contribution is -2.48. The van der Waals surface area contributed by atoms with Gasteiger partial charge in [0.1, 0.15) is 16.5 Å². The second-order valence-electron chi connectivity index (χ2n) is 10.2. The van der Waals surface area contributed by atoms with Gasteiger partial charge in [-0.15, -0.1) is 0 Å². The minimum Gasteiger partial charge on any atom is -0.349 e. The van der Waals surface area contributed by atoms with Crippen molar-refractivity contribution in [2.24, 2.45) is 0 Å². The molecule has 1 aliphatic carbocycles. The van der Waals surface area contributed by atoms with Crippen LogP contribution in [0.4, 0.5) is 13.2 Å². The predicted molar refractivity (Wildman–Crippen MR) is 136 cm³/mol. The number of aryl methyl sites for hydroxylation is 1. The lowest BCUT2D eigenvalue weighted by Gasteiger charge is -2.30. The predicted octanol–water partition coefficient (Wildman–Crippen LogP) is 4.00. The third kappa shape index (κ3) is 6.42. The molecule has 13 heteroatoms. The number of nitrogens with zero attached hydrogens (tertiary/aromatic N) is 3. The van der Waals surface area contributed by atoms with E-state index in [-0.39, 0.29) is 11.0 Å². The van der Waals surface area contributed by atoms with Crippen molar-refractivity contribution in [2.75, 3.05) is 13.1 Å². The maximum absolute atomic E-state index is 13.9. The highest BCUT2D eigenvalue weighted by Gasteiger charge is 2.44. The fraction of sp³-hybridized carbons (Fsp3) is 0.500. The maximum atomic E-state index is 13.9. The summed E-state index contributed by atoms with van der Waals surface area (Å²) < 4.78 is 73.5. The quantitative estimate of drug-likeness (QED) is 0.424. The van der Waals surface area contributed by atoms with Crippen LogP contribution in [0.2, 0.25) is 0 Å². The molecule has 1 fully saturated rings. The third-order valence-corrected chi connectivity index (χ3v) is 8.84. The Hall–Kier alpha value is -3.03. The number of nitrogens with one attached hydrogen (secondary N) is 2. The highest BCUT2D eigenvalue weighted by Crippen LogP contribution is 2.32. The summed E-state index contributed by atoms with van der Waals surface area (Å²) in [5.41, 5.74) is 3.05. The average Bonchev–Trinajstić information content (AvgIpc) is 3.37. The first kappa shape index (κ1) is 27.5. The molecule has 9 nitrogen and oxygen atoms in total. The molecule has 2 aliphatic rings. The molecule has 0 bridgehead atoms. The van der Waals surface area contributed by atoms with E-state index in [2.05, 4.69) is 31.2 Å². The van der Waals surface area contributed by atoms with Crippen molar-refractivity contribution in [3.8, 4) is 0 Å². The Bertz CT molecular complexity index is 1440. The number of carbonyl (C=O) groups excluding carboxylic acids is 1. The molecule has 39 heavy (non-hydrogen) atoms. The topological polar surface area (TPSA) is 117 Å². The summed E-state index contributed by atoms with van der Waals surface area (Å²) >= 11 is 0. The number of halogens is 3. The van der Waals surface area contributed by atoms with Crippen molar-refractivity contribution in [1.82, 2.24) is 25.3 Å². The van der Waals surface area contributed by atoms with E-state index in [1.165, 1.54) is 37.0 Å². The van der Waals surface area contributed by atoms with Crippen LogP contribution in [0.5, 0.6) is 0 Å². The van der Waals surface area contributed by atoms with Crippen LogP contribution in [0.3, 0.4) is 0 Å². The molecule has 2 aromatic carbocycles. The number of sulfonamides is 1. The fourth-order valence-electron chi connectivity index (χ4n) is 5.40. The zero-order chi connectivity index (χ0) is 27.6. The van der Waals surface area contributed by atoms with Crippen LogP contribution in [0, 0.1) is 0 Å². The number of rotatable bonds is 8. The lowest BCUT2D eigenvalue weighted by molar-refractivity contribution is -0.158. The van der Waals surface area contributed by atoms with Gasteiger partial charge in [-0.25, -0.2) is 13.0 Å². The van der Waals surface area contributed by atoms with E-state index < -0.39 is 45.5 Å². The fourth-order valence-corrected chi connectivity index (χ4v) is 6.78. The van der Waals surface area contributed by atoms with Gasteiger partial charge in [0.15, 0.2) is 5.52 Å². The van der Waals surface area contributed by atoms with E-state index in [4.69, 9.17) is 0 Å². The Morgan fingerprint density at radius 3 is 2.67 bits per heavy atom. The van der Waals surface area contributed by atoms with Gasteiger partial charge in [0.2, 0.25) is 15.9 Å². The van der Waals surface area contributed by atoms with Crippen LogP contribution in [0.15, 0.2) is 45.9 Å². The van der Waals surface area contributed by atoms with Gasteiger partial charge in [-0.1, -0.05) is 30.7 Å². The second-order valence-corrected chi connectivity index (χ2v) is 11.9. The summed E-state index contributed by atoms with van der Waals surface area (Å²) in [4.78, 5) is 14.7. The van der Waals surface area contributed by atoms with Crippen molar-refractivity contribution in [3.63, 3.8) is 0 Å². The van der Waals surface area contributed by atoms with E-state index in [0.29, 0.717) is 6.42 Å². The van der Waals surface area contributed by atoms with Gasteiger partial charge in [-0.05, 0) is 84.3 Å². The van der Waals surface area contributed by atoms with Gasteiger partial charge in [-0.3, -0.25) is 9.69 Å². The number of hydrogen-bond donors (Lipinski definition) is 2. The highest BCUT2D eigenvalue weighted by atomic mass is 32.2. The summed E-state index contributed by atoms with van der Waals surface area (Å²) in [6.07, 6.45) is -0.244. The maximum Gasteiger partial charge on any atom is 0.405 e. The van der Waals surface area contributed by atoms with Crippen molar-refractivity contribution in [2.45, 2.75) is 74.6 Å². The van der Waals surface area contributed by atoms with Gasteiger partial charge in [0, 0.05) is 6.54 Å². The first-order valence-electron chi connectivity index (χ1n) is 13.0. The highest BCUT2D eigenvalue weighted by molar-refractivity contribution is 7.89. The third-order valence-electron chi connectivity index (χ3n) is 7.33. The summed E-state index contributed by atoms with van der Waals surface area (Å²) in [5.74, 6) is -0.892. The van der Waals surface area contributed by atoms with Crippen molar-refractivity contribution in [1.29, 1.82) is 0 Å². The monoisotopic (exact) mass is 565 g/mol. The van der Waals surface area contributed by atoms with Crippen molar-refractivity contribution in [3.05, 3.63) is 53.1 Å². The standard InChI is InChI=1S/C26H30F3N5O4S/c27-26(28,29)23(33-39(36,37)22-9-5-8-21-25(22)32-38-31-21)15-24(35)30-20-7-4-6-18-14-17(10-11-19(18)20)16-34-12-2-1-3-13-34/h5,8-11,14,20,23,33H,1-4,6-7,12-13,15-16H2,(H,30,35)/t20-,23?/m1/s1. The number of amides is 1. The molecule has 2 heterocycles. The smallest absolute Gasteiger partial charge is 0.349 e. The van der Waals surface area contributed by atoms with Crippen LogP contribution < -0.4 is 10.0 Å². The Morgan fingerprint density at radius 1 is 1.10 bits per heavy atom. The number of piperidine rings is 1. The first-order chi connectivity index (χ1) is 18.6. The molecule has 1 aliphatic heterocycles. The molecule has 1 unspecified atom stereocenters. The van der Waals surface area contributed by atoms with Crippen molar-refractivity contribution < 1.29 is 31.0 Å². The summed E-state index contributed by atoms with van der Waals surface area (Å²) in [5, 5.41) is 9.71. The number of fused-ring (bicyclic) bond motifs is 2. The Kier molecular flexibility index (Phi) is 7.92. The molecule has 1 aromatic heterocycles. The number of carbonyl (C=O) groups is 1. The molecule has 3 aromatic rings. The normalized spacial score (nSPS) is 19.5. The number of alkyl halides is 3. The molecular formula is C26H30F3N5O4S. The molecular weight excluding hydrogens is 535 g/mol. The molecule has 0 radical (unpaired) electrons.